The highest BCUT2D eigenvalue weighted by molar-refractivity contribution is 6.32. The van der Waals surface area contributed by atoms with Gasteiger partial charge in [-0.3, -0.25) is 4.79 Å². The molecule has 11 heteroatoms. The molecule has 210 valence electrons. The molecule has 2 aromatic carbocycles. The number of nitriles is 1. The highest BCUT2D eigenvalue weighted by Crippen LogP contribution is 2.37. The Hall–Kier alpha value is -4.49. The van der Waals surface area contributed by atoms with Crippen LogP contribution in [0, 0.1) is 17.1 Å². The highest BCUT2D eigenvalue weighted by Gasteiger charge is 2.25. The van der Waals surface area contributed by atoms with E-state index in [1.165, 1.54) is 36.5 Å². The molecule has 0 bridgehead atoms. The maximum Gasteiger partial charge on any atom is 0.437 e. The quantitative estimate of drug-likeness (QED) is 0.272. The standard InChI is InChI=1S/C30H27ClFN5O4/c1-30(2,3)41-29(39)37-27-20(7-6-10-34-27)25(35-37)17-40-26-15-23(31)19(16-33)14-22(26)21-13-18(8-9-24(21)32)28(38)36-11-4-5-12-36/h6-10,13-15H,4-5,11-12,17H2,1-3H3. The molecule has 0 atom stereocenters. The fourth-order valence-electron chi connectivity index (χ4n) is 4.64. The SMILES string of the molecule is CC(C)(C)OC(=O)n1nc(COc2cc(Cl)c(C#N)cc2-c2cc(C(=O)N3CCCC3)ccc2F)c2cccnc21. The van der Waals surface area contributed by atoms with Crippen LogP contribution in [0.2, 0.25) is 5.02 Å². The predicted molar refractivity (Wildman–Crippen MR) is 150 cm³/mol. The summed E-state index contributed by atoms with van der Waals surface area (Å²) in [6.07, 6.45) is 2.69. The van der Waals surface area contributed by atoms with Crippen molar-refractivity contribution in [2.24, 2.45) is 0 Å². The third kappa shape index (κ3) is 5.86. The van der Waals surface area contributed by atoms with Gasteiger partial charge >= 0.3 is 6.09 Å². The first-order valence-electron chi connectivity index (χ1n) is 13.1. The second kappa shape index (κ2) is 11.2. The molecule has 0 radical (unpaired) electrons. The average molecular weight is 576 g/mol. The number of carbonyl (C=O) groups is 2. The number of hydrogen-bond acceptors (Lipinski definition) is 7. The monoisotopic (exact) mass is 575 g/mol. The van der Waals surface area contributed by atoms with Crippen LogP contribution in [0.3, 0.4) is 0 Å². The highest BCUT2D eigenvalue weighted by atomic mass is 35.5. The van der Waals surface area contributed by atoms with E-state index >= 15 is 4.39 Å². The molecule has 3 heterocycles. The van der Waals surface area contributed by atoms with Crippen LogP contribution in [0.4, 0.5) is 9.18 Å². The van der Waals surface area contributed by atoms with E-state index in [2.05, 4.69) is 10.1 Å². The normalized spacial score (nSPS) is 13.3. The van der Waals surface area contributed by atoms with Crippen molar-refractivity contribution in [2.75, 3.05) is 13.1 Å². The molecule has 0 saturated carbocycles. The van der Waals surface area contributed by atoms with Crippen molar-refractivity contribution in [1.29, 1.82) is 5.26 Å². The maximum absolute atomic E-state index is 15.2. The number of likely N-dealkylation sites (tertiary alicyclic amines) is 1. The predicted octanol–water partition coefficient (Wildman–Crippen LogP) is 6.36. The molecule has 4 aromatic rings. The summed E-state index contributed by atoms with van der Waals surface area (Å²) < 4.78 is 27.9. The lowest BCUT2D eigenvalue weighted by atomic mass is 9.99. The van der Waals surface area contributed by atoms with Crippen LogP contribution in [0.1, 0.15) is 55.2 Å². The van der Waals surface area contributed by atoms with Crippen molar-refractivity contribution in [2.45, 2.75) is 45.8 Å². The number of halogens is 2. The molecular formula is C30H27ClFN5O4. The van der Waals surface area contributed by atoms with E-state index in [-0.39, 0.29) is 45.6 Å². The van der Waals surface area contributed by atoms with Gasteiger partial charge < -0.3 is 14.4 Å². The van der Waals surface area contributed by atoms with E-state index < -0.39 is 17.5 Å². The number of ether oxygens (including phenoxy) is 2. The van der Waals surface area contributed by atoms with Crippen LogP contribution in [-0.2, 0) is 11.3 Å². The summed E-state index contributed by atoms with van der Waals surface area (Å²) in [4.78, 5) is 31.9. The first-order chi connectivity index (χ1) is 19.6. The largest absolute Gasteiger partial charge is 0.486 e. The van der Waals surface area contributed by atoms with Gasteiger partial charge in [0.25, 0.3) is 5.91 Å². The Balaban J connectivity index is 1.52. The van der Waals surface area contributed by atoms with Gasteiger partial charge in [0.1, 0.15) is 35.5 Å². The van der Waals surface area contributed by atoms with E-state index in [9.17, 15) is 14.9 Å². The molecule has 0 aliphatic carbocycles. The van der Waals surface area contributed by atoms with Crippen molar-refractivity contribution in [1.82, 2.24) is 19.7 Å². The zero-order valence-corrected chi connectivity index (χ0v) is 23.5. The van der Waals surface area contributed by atoms with E-state index in [1.54, 1.807) is 37.8 Å². The molecule has 1 fully saturated rings. The van der Waals surface area contributed by atoms with Gasteiger partial charge in [-0.25, -0.2) is 14.2 Å². The molecule has 0 spiro atoms. The Morgan fingerprint density at radius 3 is 2.59 bits per heavy atom. The zero-order chi connectivity index (χ0) is 29.3. The van der Waals surface area contributed by atoms with Crippen molar-refractivity contribution < 1.29 is 23.5 Å². The smallest absolute Gasteiger partial charge is 0.437 e. The van der Waals surface area contributed by atoms with Crippen LogP contribution in [0.5, 0.6) is 5.75 Å². The molecule has 1 amide bonds. The Morgan fingerprint density at radius 1 is 1.12 bits per heavy atom. The minimum Gasteiger partial charge on any atom is -0.486 e. The van der Waals surface area contributed by atoms with Gasteiger partial charge in [-0.1, -0.05) is 11.6 Å². The number of fused-ring (bicyclic) bond motifs is 1. The Labute approximate surface area is 241 Å². The summed E-state index contributed by atoms with van der Waals surface area (Å²) in [5.41, 5.74) is 0.701. The van der Waals surface area contributed by atoms with Gasteiger partial charge in [0.15, 0.2) is 5.65 Å². The third-order valence-electron chi connectivity index (χ3n) is 6.54. The van der Waals surface area contributed by atoms with Crippen LogP contribution < -0.4 is 4.74 Å². The van der Waals surface area contributed by atoms with Gasteiger partial charge in [0.2, 0.25) is 0 Å². The fraction of sp³-hybridized carbons (Fsp3) is 0.300. The number of hydrogen-bond donors (Lipinski definition) is 0. The number of aromatic nitrogens is 3. The van der Waals surface area contributed by atoms with Gasteiger partial charge in [-0.05, 0) is 70.0 Å². The third-order valence-corrected chi connectivity index (χ3v) is 6.85. The average Bonchev–Trinajstić information content (AvgIpc) is 3.60. The molecular weight excluding hydrogens is 549 g/mol. The molecule has 1 aliphatic rings. The van der Waals surface area contributed by atoms with Gasteiger partial charge in [-0.2, -0.15) is 10.4 Å². The maximum atomic E-state index is 15.2. The summed E-state index contributed by atoms with van der Waals surface area (Å²) in [6, 6.07) is 12.4. The molecule has 2 aromatic heterocycles. The van der Waals surface area contributed by atoms with Gasteiger partial charge in [-0.15, -0.1) is 4.68 Å². The zero-order valence-electron chi connectivity index (χ0n) is 22.8. The van der Waals surface area contributed by atoms with Gasteiger partial charge in [0, 0.05) is 47.4 Å². The first kappa shape index (κ1) is 28.1. The summed E-state index contributed by atoms with van der Waals surface area (Å²) in [5.74, 6) is -0.613. The Bertz CT molecular complexity index is 1700. The lowest BCUT2D eigenvalue weighted by Gasteiger charge is -2.18. The molecule has 0 unspecified atom stereocenters. The van der Waals surface area contributed by atoms with Crippen molar-refractivity contribution in [3.63, 3.8) is 0 Å². The van der Waals surface area contributed by atoms with Crippen LogP contribution in [0.15, 0.2) is 48.7 Å². The number of nitrogens with zero attached hydrogens (tertiary/aromatic N) is 5. The van der Waals surface area contributed by atoms with E-state index in [0.717, 1.165) is 17.5 Å². The van der Waals surface area contributed by atoms with E-state index in [0.29, 0.717) is 29.7 Å². The van der Waals surface area contributed by atoms with Crippen molar-refractivity contribution in [3.05, 3.63) is 76.3 Å². The Kier molecular flexibility index (Phi) is 7.65. The lowest BCUT2D eigenvalue weighted by Crippen LogP contribution is -2.28. The molecule has 9 nitrogen and oxygen atoms in total. The number of rotatable bonds is 5. The lowest BCUT2D eigenvalue weighted by molar-refractivity contribution is 0.0520. The van der Waals surface area contributed by atoms with Crippen LogP contribution >= 0.6 is 11.6 Å². The number of amides is 1. The first-order valence-corrected chi connectivity index (χ1v) is 13.4. The summed E-state index contributed by atoms with van der Waals surface area (Å²) >= 11 is 6.33. The molecule has 5 rings (SSSR count). The minimum atomic E-state index is -0.746. The van der Waals surface area contributed by atoms with Crippen LogP contribution in [-0.4, -0.2) is 50.4 Å². The van der Waals surface area contributed by atoms with Crippen LogP contribution in [0.25, 0.3) is 22.2 Å². The summed E-state index contributed by atoms with van der Waals surface area (Å²) in [6.45, 7) is 6.41. The summed E-state index contributed by atoms with van der Waals surface area (Å²) in [7, 11) is 0. The number of benzene rings is 2. The Morgan fingerprint density at radius 2 is 1.88 bits per heavy atom. The fourth-order valence-corrected chi connectivity index (χ4v) is 4.83. The molecule has 41 heavy (non-hydrogen) atoms. The minimum absolute atomic E-state index is 0.0871. The van der Waals surface area contributed by atoms with Crippen molar-refractivity contribution in [3.8, 4) is 22.9 Å². The van der Waals surface area contributed by atoms with E-state index in [1.807, 2.05) is 6.07 Å². The van der Waals surface area contributed by atoms with E-state index in [4.69, 9.17) is 21.1 Å². The molecule has 1 aliphatic heterocycles. The number of pyridine rings is 1. The second-order valence-corrected chi connectivity index (χ2v) is 11.0. The second-order valence-electron chi connectivity index (χ2n) is 10.6. The molecule has 0 N–H and O–H groups in total. The van der Waals surface area contributed by atoms with Gasteiger partial charge in [0.05, 0.1) is 10.6 Å². The number of carbonyl (C=O) groups excluding carboxylic acids is 2. The molecule has 1 saturated heterocycles. The topological polar surface area (TPSA) is 110 Å². The van der Waals surface area contributed by atoms with Crippen molar-refractivity contribution >= 4 is 34.6 Å². The summed E-state index contributed by atoms with van der Waals surface area (Å²) in [5, 5.41) is 14.7.